The molecule has 0 unspecified atom stereocenters. The van der Waals surface area contributed by atoms with E-state index in [0.717, 1.165) is 12.4 Å². The summed E-state index contributed by atoms with van der Waals surface area (Å²) in [7, 11) is 0. The Morgan fingerprint density at radius 1 is 1.24 bits per heavy atom. The summed E-state index contributed by atoms with van der Waals surface area (Å²) in [5.41, 5.74) is 0.0808. The van der Waals surface area contributed by atoms with Gasteiger partial charge in [0.25, 0.3) is 0 Å². The molecule has 0 saturated heterocycles. The lowest BCUT2D eigenvalue weighted by Crippen LogP contribution is -2.50. The van der Waals surface area contributed by atoms with Gasteiger partial charge in [-0.1, -0.05) is 0 Å². The highest BCUT2D eigenvalue weighted by Crippen LogP contribution is 2.40. The average Bonchev–Trinajstić information content (AvgIpc) is 3.32. The highest BCUT2D eigenvalue weighted by Gasteiger charge is 2.49. The maximum atomic E-state index is 12.8. The van der Waals surface area contributed by atoms with Gasteiger partial charge < -0.3 is 15.4 Å². The third-order valence-corrected chi connectivity index (χ3v) is 3.25. The van der Waals surface area contributed by atoms with Crippen molar-refractivity contribution in [2.24, 2.45) is 5.92 Å². The van der Waals surface area contributed by atoms with E-state index in [2.05, 4.69) is 20.0 Å². The van der Waals surface area contributed by atoms with E-state index in [0.29, 0.717) is 12.8 Å². The van der Waals surface area contributed by atoms with E-state index >= 15 is 0 Å². The van der Waals surface area contributed by atoms with Crippen LogP contribution < -0.4 is 15.4 Å². The molecule has 2 amide bonds. The van der Waals surface area contributed by atoms with E-state index in [4.69, 9.17) is 0 Å². The van der Waals surface area contributed by atoms with Crippen molar-refractivity contribution < 1.29 is 35.9 Å². The Kier molecular flexibility index (Phi) is 5.58. The van der Waals surface area contributed by atoms with Gasteiger partial charge in [0.1, 0.15) is 12.4 Å². The van der Waals surface area contributed by atoms with Gasteiger partial charge >= 0.3 is 18.4 Å². The Morgan fingerprint density at radius 3 is 2.48 bits per heavy atom. The van der Waals surface area contributed by atoms with Gasteiger partial charge in [0, 0.05) is 6.07 Å². The first-order chi connectivity index (χ1) is 11.5. The summed E-state index contributed by atoms with van der Waals surface area (Å²) in [5, 5.41) is 4.02. The fourth-order valence-electron chi connectivity index (χ4n) is 1.97. The minimum Gasteiger partial charge on any atom is -0.468 e. The monoisotopic (exact) mass is 372 g/mol. The number of rotatable bonds is 6. The fraction of sp³-hybridized carbons (Fsp3) is 0.615. The first-order valence-corrected chi connectivity index (χ1v) is 7.16. The quantitative estimate of drug-likeness (QED) is 0.753. The van der Waals surface area contributed by atoms with Gasteiger partial charge in [0.2, 0.25) is 5.88 Å². The molecule has 1 atom stereocenters. The molecule has 12 heteroatoms. The van der Waals surface area contributed by atoms with Gasteiger partial charge in [0.15, 0.2) is 6.61 Å². The number of carbonyl (C=O) groups excluding carboxylic acids is 1. The molecular formula is C13H14F6N4O2. The number of hydrogen-bond donors (Lipinski definition) is 2. The number of ether oxygens (including phenoxy) is 1. The number of amides is 2. The minimum atomic E-state index is -4.55. The molecule has 0 aromatic carbocycles. The molecule has 2 N–H and O–H groups in total. The topological polar surface area (TPSA) is 76.1 Å². The largest absolute Gasteiger partial charge is 0.468 e. The van der Waals surface area contributed by atoms with E-state index in [1.165, 1.54) is 0 Å². The number of halogens is 6. The molecule has 0 bridgehead atoms. The van der Waals surface area contributed by atoms with Gasteiger partial charge in [-0.3, -0.25) is 0 Å². The smallest absolute Gasteiger partial charge is 0.422 e. The van der Waals surface area contributed by atoms with Crippen LogP contribution in [-0.4, -0.2) is 41.0 Å². The molecule has 25 heavy (non-hydrogen) atoms. The molecule has 140 valence electrons. The van der Waals surface area contributed by atoms with Crippen molar-refractivity contribution in [3.63, 3.8) is 0 Å². The minimum absolute atomic E-state index is 0.0808. The first-order valence-electron chi connectivity index (χ1n) is 7.16. The van der Waals surface area contributed by atoms with E-state index in [1.807, 2.05) is 5.32 Å². The first kappa shape index (κ1) is 19.1. The van der Waals surface area contributed by atoms with Gasteiger partial charge in [-0.25, -0.2) is 14.8 Å². The Morgan fingerprint density at radius 2 is 1.92 bits per heavy atom. The molecule has 2 rings (SSSR count). The van der Waals surface area contributed by atoms with Crippen molar-refractivity contribution in [2.45, 2.75) is 37.8 Å². The zero-order valence-electron chi connectivity index (χ0n) is 12.6. The van der Waals surface area contributed by atoms with Crippen molar-refractivity contribution in [3.8, 4) is 5.88 Å². The zero-order chi connectivity index (χ0) is 18.7. The van der Waals surface area contributed by atoms with Gasteiger partial charge in [-0.05, 0) is 18.8 Å². The van der Waals surface area contributed by atoms with Crippen LogP contribution in [-0.2, 0) is 6.54 Å². The molecule has 1 aromatic rings. The third kappa shape index (κ3) is 6.63. The van der Waals surface area contributed by atoms with Crippen molar-refractivity contribution in [1.29, 1.82) is 0 Å². The highest BCUT2D eigenvalue weighted by molar-refractivity contribution is 5.74. The molecular weight excluding hydrogens is 358 g/mol. The predicted molar refractivity (Wildman–Crippen MR) is 71.5 cm³/mol. The Labute approximate surface area is 138 Å². The van der Waals surface area contributed by atoms with Crippen LogP contribution in [0, 0.1) is 5.92 Å². The molecule has 0 spiro atoms. The number of urea groups is 1. The van der Waals surface area contributed by atoms with Crippen LogP contribution in [0.3, 0.4) is 0 Å². The number of aromatic nitrogens is 2. The number of alkyl halides is 6. The third-order valence-electron chi connectivity index (χ3n) is 3.25. The molecule has 1 aliphatic rings. The normalized spacial score (nSPS) is 16.2. The van der Waals surface area contributed by atoms with E-state index in [9.17, 15) is 31.1 Å². The number of hydrogen-bond acceptors (Lipinski definition) is 4. The van der Waals surface area contributed by atoms with Crippen LogP contribution in [0.25, 0.3) is 0 Å². The van der Waals surface area contributed by atoms with E-state index in [1.54, 1.807) is 0 Å². The van der Waals surface area contributed by atoms with E-state index in [-0.39, 0.29) is 18.1 Å². The summed E-state index contributed by atoms with van der Waals surface area (Å²) < 4.78 is 79.0. The van der Waals surface area contributed by atoms with Gasteiger partial charge in [-0.15, -0.1) is 0 Å². The average molecular weight is 372 g/mol. The van der Waals surface area contributed by atoms with Crippen molar-refractivity contribution in [3.05, 3.63) is 18.1 Å². The van der Waals surface area contributed by atoms with Crippen molar-refractivity contribution >= 4 is 6.03 Å². The van der Waals surface area contributed by atoms with Crippen LogP contribution in [0.1, 0.15) is 18.5 Å². The lowest BCUT2D eigenvalue weighted by Gasteiger charge is -2.21. The summed E-state index contributed by atoms with van der Waals surface area (Å²) >= 11 is 0. The standard InChI is InChI=1S/C13H14F6N4O2/c14-12(15,16)5-25-9-3-8(21-6-22-9)4-20-11(24)23-10(7-1-2-7)13(17,18)19/h3,6-7,10H,1-2,4-5H2,(H2,20,23,24)/t10-/m1/s1. The van der Waals surface area contributed by atoms with Crippen LogP contribution in [0.5, 0.6) is 5.88 Å². The lowest BCUT2D eigenvalue weighted by atomic mass is 10.2. The Bertz CT molecular complexity index is 603. The summed E-state index contributed by atoms with van der Waals surface area (Å²) in [6, 6.07) is -1.93. The summed E-state index contributed by atoms with van der Waals surface area (Å²) in [6.45, 7) is -1.85. The predicted octanol–water partition coefficient (Wildman–Crippen LogP) is 2.56. The zero-order valence-corrected chi connectivity index (χ0v) is 12.6. The molecule has 1 aliphatic carbocycles. The van der Waals surface area contributed by atoms with Crippen LogP contribution in [0.15, 0.2) is 12.4 Å². The van der Waals surface area contributed by atoms with E-state index < -0.39 is 37.0 Å². The lowest BCUT2D eigenvalue weighted by molar-refractivity contribution is -0.157. The fourth-order valence-corrected chi connectivity index (χ4v) is 1.97. The SMILES string of the molecule is O=C(NCc1cc(OCC(F)(F)F)ncn1)N[C@H](C1CC1)C(F)(F)F. The Balaban J connectivity index is 1.85. The van der Waals surface area contributed by atoms with Gasteiger partial charge in [-0.2, -0.15) is 26.3 Å². The second kappa shape index (κ2) is 7.31. The Hall–Kier alpha value is -2.27. The molecule has 1 fully saturated rings. The second-order valence-electron chi connectivity index (χ2n) is 5.44. The molecule has 1 saturated carbocycles. The van der Waals surface area contributed by atoms with Crippen LogP contribution in [0.4, 0.5) is 31.1 Å². The molecule has 6 nitrogen and oxygen atoms in total. The van der Waals surface area contributed by atoms with Gasteiger partial charge in [0.05, 0.1) is 12.2 Å². The molecule has 1 aromatic heterocycles. The summed E-state index contributed by atoms with van der Waals surface area (Å²) in [4.78, 5) is 18.8. The number of nitrogens with one attached hydrogen (secondary N) is 2. The molecule has 1 heterocycles. The maximum absolute atomic E-state index is 12.8. The summed E-state index contributed by atoms with van der Waals surface area (Å²) in [5.74, 6) is -0.997. The second-order valence-corrected chi connectivity index (χ2v) is 5.44. The molecule has 0 radical (unpaired) electrons. The van der Waals surface area contributed by atoms with Crippen LogP contribution in [0.2, 0.25) is 0 Å². The van der Waals surface area contributed by atoms with Crippen molar-refractivity contribution in [2.75, 3.05) is 6.61 Å². The number of carbonyl (C=O) groups is 1. The molecule has 0 aliphatic heterocycles. The summed E-state index contributed by atoms with van der Waals surface area (Å²) in [6.07, 6.45) is -7.40. The van der Waals surface area contributed by atoms with Crippen molar-refractivity contribution in [1.82, 2.24) is 20.6 Å². The number of nitrogens with zero attached hydrogens (tertiary/aromatic N) is 2. The maximum Gasteiger partial charge on any atom is 0.422 e. The highest BCUT2D eigenvalue weighted by atomic mass is 19.4. The van der Waals surface area contributed by atoms with Crippen LogP contribution >= 0.6 is 0 Å².